The van der Waals surface area contributed by atoms with E-state index >= 15 is 0 Å². The maximum absolute atomic E-state index is 10.7. The van der Waals surface area contributed by atoms with Crippen LogP contribution < -0.4 is 0 Å². The van der Waals surface area contributed by atoms with Gasteiger partial charge in [0.15, 0.2) is 0 Å². The summed E-state index contributed by atoms with van der Waals surface area (Å²) in [6.45, 7) is 13.0. The summed E-state index contributed by atoms with van der Waals surface area (Å²) in [5.74, 6) is 0. The third kappa shape index (κ3) is 1.41. The molecule has 0 fully saturated rings. The van der Waals surface area contributed by atoms with Crippen LogP contribution in [0.4, 0.5) is 0 Å². The second kappa shape index (κ2) is 3.18. The van der Waals surface area contributed by atoms with E-state index in [4.69, 9.17) is 0 Å². The maximum atomic E-state index is 10.7. The average molecular weight is 195 g/mol. The van der Waals surface area contributed by atoms with Crippen LogP contribution in [0, 0.1) is 15.7 Å². The van der Waals surface area contributed by atoms with Gasteiger partial charge in [0.1, 0.15) is 6.04 Å². The number of hydrogen-bond acceptors (Lipinski definition) is 2. The molecule has 0 aromatic rings. The molecule has 0 radical (unpaired) electrons. The predicted molar refractivity (Wildman–Crippen MR) is 60.1 cm³/mol. The van der Waals surface area contributed by atoms with Crippen LogP contribution in [0.2, 0.25) is 0 Å². The van der Waals surface area contributed by atoms with Crippen LogP contribution >= 0.6 is 0 Å². The largest absolute Gasteiger partial charge is 0.150 e. The molecule has 0 N–H and O–H groups in total. The molecule has 0 aliphatic heterocycles. The molecule has 80 valence electrons. The minimum Gasteiger partial charge on any atom is -0.150 e. The van der Waals surface area contributed by atoms with Crippen molar-refractivity contribution in [3.8, 4) is 0 Å². The molecule has 1 rings (SSSR count). The maximum Gasteiger partial charge on any atom is 0.111 e. The van der Waals surface area contributed by atoms with Crippen molar-refractivity contribution in [1.29, 1.82) is 0 Å². The quantitative estimate of drug-likeness (QED) is 0.485. The molecular formula is C12H21NO. The van der Waals surface area contributed by atoms with Gasteiger partial charge in [0.05, 0.1) is 0 Å². The molecule has 2 heteroatoms. The number of allylic oxidation sites excluding steroid dienone is 1. The minimum absolute atomic E-state index is 0.0877. The lowest BCUT2D eigenvalue weighted by Gasteiger charge is -2.38. The van der Waals surface area contributed by atoms with E-state index in [2.05, 4.69) is 39.8 Å². The van der Waals surface area contributed by atoms with Crippen molar-refractivity contribution >= 4 is 0 Å². The first-order valence-corrected chi connectivity index (χ1v) is 5.26. The van der Waals surface area contributed by atoms with Gasteiger partial charge in [0, 0.05) is 0 Å². The zero-order chi connectivity index (χ0) is 11.1. The summed E-state index contributed by atoms with van der Waals surface area (Å²) in [4.78, 5) is 10.7. The van der Waals surface area contributed by atoms with Crippen LogP contribution in [0.1, 0.15) is 48.0 Å². The molecule has 0 aromatic carbocycles. The molecule has 0 heterocycles. The Morgan fingerprint density at radius 3 is 2.07 bits per heavy atom. The van der Waals surface area contributed by atoms with E-state index < -0.39 is 0 Å². The lowest BCUT2D eigenvalue weighted by Crippen LogP contribution is -2.32. The molecule has 0 spiro atoms. The molecular weight excluding hydrogens is 174 g/mol. The highest BCUT2D eigenvalue weighted by atomic mass is 16.3. The molecule has 1 atom stereocenters. The van der Waals surface area contributed by atoms with Crippen molar-refractivity contribution in [2.75, 3.05) is 0 Å². The Hall–Kier alpha value is -0.660. The fourth-order valence-electron chi connectivity index (χ4n) is 2.81. The molecule has 0 aromatic heterocycles. The Bertz CT molecular complexity index is 287. The van der Waals surface area contributed by atoms with E-state index in [9.17, 15) is 4.91 Å². The minimum atomic E-state index is -0.174. The third-order valence-corrected chi connectivity index (χ3v) is 4.11. The van der Waals surface area contributed by atoms with Gasteiger partial charge >= 0.3 is 0 Å². The van der Waals surface area contributed by atoms with Crippen molar-refractivity contribution in [3.05, 3.63) is 16.1 Å². The summed E-state index contributed by atoms with van der Waals surface area (Å²) in [6, 6.07) is -0.174. The highest BCUT2D eigenvalue weighted by molar-refractivity contribution is 5.33. The number of rotatable bonds is 2. The normalized spacial score (nSPS) is 26.4. The summed E-state index contributed by atoms with van der Waals surface area (Å²) in [5.41, 5.74) is 2.93. The van der Waals surface area contributed by atoms with Crippen molar-refractivity contribution in [2.24, 2.45) is 16.0 Å². The third-order valence-electron chi connectivity index (χ3n) is 4.11. The van der Waals surface area contributed by atoms with Gasteiger partial charge in [-0.15, -0.1) is 0 Å². The molecule has 0 saturated heterocycles. The van der Waals surface area contributed by atoms with E-state index in [0.29, 0.717) is 0 Å². The number of nitroso groups, excluding NO2 is 1. The predicted octanol–water partition coefficient (Wildman–Crippen LogP) is 3.91. The van der Waals surface area contributed by atoms with E-state index in [1.807, 2.05) is 6.92 Å². The van der Waals surface area contributed by atoms with E-state index in [-0.39, 0.29) is 16.9 Å². The lowest BCUT2D eigenvalue weighted by molar-refractivity contribution is 0.172. The van der Waals surface area contributed by atoms with Crippen molar-refractivity contribution in [1.82, 2.24) is 0 Å². The van der Waals surface area contributed by atoms with Crippen LogP contribution in [0.3, 0.4) is 0 Å². The van der Waals surface area contributed by atoms with Crippen molar-refractivity contribution < 1.29 is 0 Å². The molecule has 0 bridgehead atoms. The van der Waals surface area contributed by atoms with Gasteiger partial charge in [-0.05, 0) is 36.7 Å². The Balaban J connectivity index is 3.17. The van der Waals surface area contributed by atoms with Crippen LogP contribution in [0.25, 0.3) is 0 Å². The van der Waals surface area contributed by atoms with Crippen LogP contribution in [0.15, 0.2) is 16.3 Å². The van der Waals surface area contributed by atoms with Crippen molar-refractivity contribution in [2.45, 2.75) is 54.0 Å². The average Bonchev–Trinajstić information content (AvgIpc) is 2.16. The van der Waals surface area contributed by atoms with Gasteiger partial charge in [-0.25, -0.2) is 0 Å². The Labute approximate surface area is 86.8 Å². The topological polar surface area (TPSA) is 29.4 Å². The molecule has 2 nitrogen and oxygen atoms in total. The highest BCUT2D eigenvalue weighted by Gasteiger charge is 2.47. The Morgan fingerprint density at radius 1 is 1.29 bits per heavy atom. The number of hydrogen-bond donors (Lipinski definition) is 0. The van der Waals surface area contributed by atoms with Crippen LogP contribution in [-0.2, 0) is 0 Å². The fourth-order valence-corrected chi connectivity index (χ4v) is 2.81. The van der Waals surface area contributed by atoms with E-state index in [1.165, 1.54) is 11.1 Å². The second-order valence-corrected chi connectivity index (χ2v) is 5.66. The summed E-state index contributed by atoms with van der Waals surface area (Å²) in [6.07, 6.45) is 1.08. The van der Waals surface area contributed by atoms with Crippen molar-refractivity contribution in [3.63, 3.8) is 0 Å². The smallest absolute Gasteiger partial charge is 0.111 e. The zero-order valence-electron chi connectivity index (χ0n) is 10.1. The molecule has 0 saturated carbocycles. The summed E-state index contributed by atoms with van der Waals surface area (Å²) < 4.78 is 0. The first-order valence-electron chi connectivity index (χ1n) is 5.26. The van der Waals surface area contributed by atoms with E-state index in [0.717, 1.165) is 6.42 Å². The zero-order valence-corrected chi connectivity index (χ0v) is 10.1. The van der Waals surface area contributed by atoms with E-state index in [1.54, 1.807) is 0 Å². The number of nitrogens with zero attached hydrogens (tertiary/aromatic N) is 1. The van der Waals surface area contributed by atoms with Gasteiger partial charge < -0.3 is 0 Å². The monoisotopic (exact) mass is 195 g/mol. The lowest BCUT2D eigenvalue weighted by atomic mass is 9.66. The first kappa shape index (κ1) is 11.4. The SMILES string of the molecule is CC1=C(C(C)N=O)C(C)(C)C(C)(C)C1. The summed E-state index contributed by atoms with van der Waals surface area (Å²) in [5, 5.41) is 3.17. The molecule has 0 amide bonds. The first-order chi connectivity index (χ1) is 6.24. The Kier molecular flexibility index (Phi) is 2.59. The van der Waals surface area contributed by atoms with Crippen LogP contribution in [0.5, 0.6) is 0 Å². The van der Waals surface area contributed by atoms with Gasteiger partial charge in [0.25, 0.3) is 0 Å². The molecule has 1 unspecified atom stereocenters. The fraction of sp³-hybridized carbons (Fsp3) is 0.833. The van der Waals surface area contributed by atoms with Crippen LogP contribution in [-0.4, -0.2) is 6.04 Å². The van der Waals surface area contributed by atoms with Gasteiger partial charge in [0.2, 0.25) is 0 Å². The summed E-state index contributed by atoms with van der Waals surface area (Å²) in [7, 11) is 0. The molecule has 1 aliphatic carbocycles. The van der Waals surface area contributed by atoms with Gasteiger partial charge in [-0.1, -0.05) is 38.4 Å². The molecule has 14 heavy (non-hydrogen) atoms. The Morgan fingerprint density at radius 2 is 1.79 bits per heavy atom. The summed E-state index contributed by atoms with van der Waals surface area (Å²) >= 11 is 0. The standard InChI is InChI=1S/C12H21NO/c1-8-7-11(3,4)12(5,6)10(8)9(2)13-14/h9H,7H2,1-6H3. The highest BCUT2D eigenvalue weighted by Crippen LogP contribution is 2.56. The second-order valence-electron chi connectivity index (χ2n) is 5.66. The molecule has 1 aliphatic rings. The van der Waals surface area contributed by atoms with Gasteiger partial charge in [-0.3, -0.25) is 0 Å². The van der Waals surface area contributed by atoms with Gasteiger partial charge in [-0.2, -0.15) is 4.91 Å².